The fourth-order valence-corrected chi connectivity index (χ4v) is 3.84. The second-order valence-corrected chi connectivity index (χ2v) is 7.76. The number of rotatable bonds is 6. The van der Waals surface area contributed by atoms with Crippen molar-refractivity contribution < 1.29 is 14.3 Å². The quantitative estimate of drug-likeness (QED) is 0.430. The molecule has 31 heavy (non-hydrogen) atoms. The Morgan fingerprint density at radius 3 is 2.58 bits per heavy atom. The average molecular weight is 456 g/mol. The Morgan fingerprint density at radius 1 is 1.19 bits per heavy atom. The van der Waals surface area contributed by atoms with Crippen LogP contribution in [0, 0.1) is 4.77 Å². The van der Waals surface area contributed by atoms with Gasteiger partial charge in [-0.15, -0.1) is 11.3 Å². The molecule has 11 heteroatoms. The molecule has 0 unspecified atom stereocenters. The van der Waals surface area contributed by atoms with Crippen molar-refractivity contribution in [1.29, 1.82) is 0 Å². The molecule has 2 N–H and O–H groups in total. The van der Waals surface area contributed by atoms with E-state index in [4.69, 9.17) is 21.7 Å². The molecule has 0 radical (unpaired) electrons. The van der Waals surface area contributed by atoms with Crippen LogP contribution in [-0.2, 0) is 6.54 Å². The zero-order valence-electron chi connectivity index (χ0n) is 16.5. The van der Waals surface area contributed by atoms with Crippen molar-refractivity contribution in [3.05, 3.63) is 67.3 Å². The van der Waals surface area contributed by atoms with Gasteiger partial charge in [-0.1, -0.05) is 6.07 Å². The minimum Gasteiger partial charge on any atom is -0.481 e. The van der Waals surface area contributed by atoms with Gasteiger partial charge in [-0.3, -0.25) is 9.59 Å². The summed E-state index contributed by atoms with van der Waals surface area (Å²) in [6, 6.07) is 10.1. The summed E-state index contributed by atoms with van der Waals surface area (Å²) in [4.78, 5) is 38.0. The predicted molar refractivity (Wildman–Crippen MR) is 119 cm³/mol. The number of aromatic nitrogens is 4. The van der Waals surface area contributed by atoms with Gasteiger partial charge in [0.1, 0.15) is 0 Å². The fourth-order valence-electron chi connectivity index (χ4n) is 2.92. The van der Waals surface area contributed by atoms with Crippen molar-refractivity contribution in [3.8, 4) is 17.7 Å². The molecular weight excluding hydrogens is 438 g/mol. The van der Waals surface area contributed by atoms with E-state index < -0.39 is 5.56 Å². The van der Waals surface area contributed by atoms with E-state index in [1.807, 2.05) is 17.5 Å². The topological polar surface area (TPSA) is 111 Å². The van der Waals surface area contributed by atoms with Gasteiger partial charge in [0.05, 0.1) is 37.7 Å². The molecule has 158 valence electrons. The van der Waals surface area contributed by atoms with Gasteiger partial charge in [0.25, 0.3) is 11.5 Å². The monoisotopic (exact) mass is 455 g/mol. The van der Waals surface area contributed by atoms with Crippen LogP contribution in [0.5, 0.6) is 11.8 Å². The van der Waals surface area contributed by atoms with Crippen LogP contribution in [-0.4, -0.2) is 39.6 Å². The zero-order valence-corrected chi connectivity index (χ0v) is 18.2. The summed E-state index contributed by atoms with van der Waals surface area (Å²) >= 11 is 6.93. The van der Waals surface area contributed by atoms with Gasteiger partial charge in [-0.05, 0) is 41.9 Å². The number of hydrogen-bond acceptors (Lipinski definition) is 8. The largest absolute Gasteiger partial charge is 0.481 e. The highest BCUT2D eigenvalue weighted by Gasteiger charge is 2.15. The molecule has 0 aliphatic rings. The van der Waals surface area contributed by atoms with Crippen LogP contribution in [0.1, 0.15) is 15.2 Å². The average Bonchev–Trinajstić information content (AvgIpc) is 3.30. The summed E-state index contributed by atoms with van der Waals surface area (Å²) in [5, 5.41) is 5.13. The number of nitrogens with one attached hydrogen (secondary N) is 2. The Kier molecular flexibility index (Phi) is 5.78. The predicted octanol–water partition coefficient (Wildman–Crippen LogP) is 2.85. The normalized spacial score (nSPS) is 10.8. The van der Waals surface area contributed by atoms with Crippen LogP contribution in [0.4, 0.5) is 0 Å². The second-order valence-electron chi connectivity index (χ2n) is 6.35. The summed E-state index contributed by atoms with van der Waals surface area (Å²) in [6.45, 7) is 0.432. The van der Waals surface area contributed by atoms with Gasteiger partial charge in [0.2, 0.25) is 17.7 Å². The van der Waals surface area contributed by atoms with Gasteiger partial charge in [0, 0.05) is 10.4 Å². The van der Waals surface area contributed by atoms with Crippen LogP contribution in [0.15, 0.2) is 46.6 Å². The number of fused-ring (bicyclic) bond motifs is 1. The van der Waals surface area contributed by atoms with E-state index >= 15 is 0 Å². The molecule has 4 aromatic rings. The minimum atomic E-state index is -0.431. The molecule has 3 heterocycles. The fraction of sp³-hybridized carbons (Fsp3) is 0.150. The van der Waals surface area contributed by atoms with E-state index in [1.54, 1.807) is 29.5 Å². The van der Waals surface area contributed by atoms with Gasteiger partial charge in [0.15, 0.2) is 4.77 Å². The third-order valence-corrected chi connectivity index (χ3v) is 5.61. The molecule has 3 aromatic heterocycles. The number of carbonyl (C=O) groups is 1. The molecule has 1 aromatic carbocycles. The maximum absolute atomic E-state index is 13.1. The molecule has 9 nitrogen and oxygen atoms in total. The number of H-pyrrole nitrogens is 1. The Bertz CT molecular complexity index is 1360. The number of nitrogens with zero attached hydrogens (tertiary/aromatic N) is 3. The summed E-state index contributed by atoms with van der Waals surface area (Å²) in [7, 11) is 2.89. The highest BCUT2D eigenvalue weighted by molar-refractivity contribution is 7.71. The van der Waals surface area contributed by atoms with Crippen LogP contribution < -0.4 is 20.3 Å². The lowest BCUT2D eigenvalue weighted by molar-refractivity contribution is 0.0951. The molecule has 0 aliphatic carbocycles. The lowest BCUT2D eigenvalue weighted by Gasteiger charge is -2.10. The minimum absolute atomic E-state index is 0.0158. The molecule has 0 aliphatic heterocycles. The number of aromatic amines is 1. The number of thiophene rings is 1. The van der Waals surface area contributed by atoms with E-state index in [0.717, 1.165) is 9.44 Å². The second kappa shape index (κ2) is 8.66. The highest BCUT2D eigenvalue weighted by atomic mass is 32.1. The van der Waals surface area contributed by atoms with E-state index in [1.165, 1.54) is 20.3 Å². The molecule has 0 atom stereocenters. The van der Waals surface area contributed by atoms with Crippen LogP contribution in [0.2, 0.25) is 0 Å². The van der Waals surface area contributed by atoms with Crippen molar-refractivity contribution in [2.45, 2.75) is 6.54 Å². The third kappa shape index (κ3) is 4.18. The maximum atomic E-state index is 13.1. The Morgan fingerprint density at radius 2 is 1.94 bits per heavy atom. The SMILES string of the molecule is COc1cc(OC)nc(-n2c(=S)[nH]c3cc(C(=O)NCc4cccs4)ccc3c2=O)n1. The Hall–Kier alpha value is -3.57. The van der Waals surface area contributed by atoms with Crippen molar-refractivity contribution in [2.75, 3.05) is 14.2 Å². The molecular formula is C20H17N5O4S2. The van der Waals surface area contributed by atoms with Crippen LogP contribution in [0.3, 0.4) is 0 Å². The van der Waals surface area contributed by atoms with Crippen molar-refractivity contribution in [1.82, 2.24) is 24.8 Å². The first kappa shape index (κ1) is 20.7. The van der Waals surface area contributed by atoms with Crippen molar-refractivity contribution in [2.24, 2.45) is 0 Å². The van der Waals surface area contributed by atoms with Crippen molar-refractivity contribution >= 4 is 40.4 Å². The summed E-state index contributed by atoms with van der Waals surface area (Å²) < 4.78 is 11.5. The van der Waals surface area contributed by atoms with Crippen LogP contribution >= 0.6 is 23.6 Å². The van der Waals surface area contributed by atoms with E-state index in [2.05, 4.69) is 20.3 Å². The third-order valence-electron chi connectivity index (χ3n) is 4.45. The number of benzene rings is 1. The number of hydrogen-bond donors (Lipinski definition) is 2. The van der Waals surface area contributed by atoms with Crippen LogP contribution in [0.25, 0.3) is 16.9 Å². The van der Waals surface area contributed by atoms with Gasteiger partial charge >= 0.3 is 0 Å². The number of ether oxygens (including phenoxy) is 2. The van der Waals surface area contributed by atoms with Gasteiger partial charge in [-0.2, -0.15) is 9.97 Å². The number of amides is 1. The molecule has 0 saturated heterocycles. The first-order valence-electron chi connectivity index (χ1n) is 9.07. The smallest absolute Gasteiger partial charge is 0.269 e. The van der Waals surface area contributed by atoms with E-state index in [-0.39, 0.29) is 28.4 Å². The molecule has 0 bridgehead atoms. The number of methoxy groups -OCH3 is 2. The zero-order chi connectivity index (χ0) is 22.0. The molecule has 0 fully saturated rings. The standard InChI is InChI=1S/C20H17N5O4S2/c1-28-15-9-16(29-2)24-19(23-15)25-18(27)13-6-5-11(8-14(13)22-20(25)30)17(26)21-10-12-4-3-7-31-12/h3-9H,10H2,1-2H3,(H,21,26)(H,22,30). The summed E-state index contributed by atoms with van der Waals surface area (Å²) in [5.74, 6) is 0.212. The Labute approximate surface area is 185 Å². The highest BCUT2D eigenvalue weighted by Crippen LogP contribution is 2.18. The molecule has 4 rings (SSSR count). The van der Waals surface area contributed by atoms with Gasteiger partial charge < -0.3 is 19.8 Å². The first-order chi connectivity index (χ1) is 15.0. The van der Waals surface area contributed by atoms with E-state index in [0.29, 0.717) is 23.0 Å². The maximum Gasteiger partial charge on any atom is 0.269 e. The summed E-state index contributed by atoms with van der Waals surface area (Å²) in [6.07, 6.45) is 0. The lowest BCUT2D eigenvalue weighted by Crippen LogP contribution is -2.24. The summed E-state index contributed by atoms with van der Waals surface area (Å²) in [5.41, 5.74) is 0.413. The Balaban J connectivity index is 1.73. The first-order valence-corrected chi connectivity index (χ1v) is 10.4. The van der Waals surface area contributed by atoms with Gasteiger partial charge in [-0.25, -0.2) is 4.57 Å². The van der Waals surface area contributed by atoms with Crippen molar-refractivity contribution in [3.63, 3.8) is 0 Å². The molecule has 0 saturated carbocycles. The lowest BCUT2D eigenvalue weighted by atomic mass is 10.1. The molecule has 1 amide bonds. The van der Waals surface area contributed by atoms with E-state index in [9.17, 15) is 9.59 Å². The number of carbonyl (C=O) groups excluding carboxylic acids is 1. The molecule has 0 spiro atoms.